The Morgan fingerprint density at radius 2 is 1.71 bits per heavy atom. The van der Waals surface area contributed by atoms with Gasteiger partial charge in [-0.15, -0.1) is 0 Å². The van der Waals surface area contributed by atoms with Crippen molar-refractivity contribution >= 4 is 43.8 Å². The third-order valence-corrected chi connectivity index (χ3v) is 7.37. The van der Waals surface area contributed by atoms with Gasteiger partial charge in [-0.05, 0) is 62.7 Å². The number of amides is 1. The molecule has 0 fully saturated rings. The molecule has 0 aromatic heterocycles. The molecule has 0 unspecified atom stereocenters. The smallest absolute Gasteiger partial charge is 0.264 e. The van der Waals surface area contributed by atoms with Gasteiger partial charge < -0.3 is 4.74 Å². The lowest BCUT2D eigenvalue weighted by Crippen LogP contribution is -2.40. The standard InChI is InChI=1S/C25H26BrN3O4S/c1-17-5-9-22(10-6-17)34(31,32)29(23-11-7-18(2)13-19(23)3)16-25(30)28-27-15-20-14-21(26)8-12-24(20)33-4/h5-15H,16H2,1-4H3,(H,28,30)/b27-15-. The van der Waals surface area contributed by atoms with Crippen LogP contribution in [0.4, 0.5) is 5.69 Å². The molecule has 0 aliphatic heterocycles. The highest BCUT2D eigenvalue weighted by Gasteiger charge is 2.28. The first-order valence-corrected chi connectivity index (χ1v) is 12.7. The fraction of sp³-hybridized carbons (Fsp3) is 0.200. The third-order valence-electron chi connectivity index (χ3n) is 5.10. The van der Waals surface area contributed by atoms with Crippen molar-refractivity contribution in [2.75, 3.05) is 18.0 Å². The summed E-state index contributed by atoms with van der Waals surface area (Å²) in [6.07, 6.45) is 1.44. The molecule has 1 N–H and O–H groups in total. The SMILES string of the molecule is COc1ccc(Br)cc1/C=N\NC(=O)CN(c1ccc(C)cc1C)S(=O)(=O)c1ccc(C)cc1. The molecule has 0 saturated heterocycles. The zero-order chi connectivity index (χ0) is 24.9. The molecule has 0 bridgehead atoms. The molecule has 0 heterocycles. The molecule has 1 amide bonds. The van der Waals surface area contributed by atoms with Crippen molar-refractivity contribution in [3.05, 3.63) is 87.4 Å². The number of benzene rings is 3. The molecule has 0 saturated carbocycles. The van der Waals surface area contributed by atoms with E-state index in [-0.39, 0.29) is 4.90 Å². The summed E-state index contributed by atoms with van der Waals surface area (Å²) in [4.78, 5) is 12.9. The topological polar surface area (TPSA) is 88.1 Å². The minimum Gasteiger partial charge on any atom is -0.496 e. The molecular weight excluding hydrogens is 518 g/mol. The van der Waals surface area contributed by atoms with E-state index in [4.69, 9.17) is 4.74 Å². The van der Waals surface area contributed by atoms with Gasteiger partial charge in [-0.3, -0.25) is 9.10 Å². The number of sulfonamides is 1. The second-order valence-corrected chi connectivity index (χ2v) is 10.6. The summed E-state index contributed by atoms with van der Waals surface area (Å²) in [6, 6.07) is 17.3. The molecule has 3 aromatic rings. The van der Waals surface area contributed by atoms with Crippen molar-refractivity contribution < 1.29 is 17.9 Å². The average molecular weight is 544 g/mol. The van der Waals surface area contributed by atoms with Crippen LogP contribution in [0.25, 0.3) is 0 Å². The number of anilines is 1. The van der Waals surface area contributed by atoms with E-state index in [0.29, 0.717) is 17.0 Å². The van der Waals surface area contributed by atoms with Gasteiger partial charge in [0.25, 0.3) is 15.9 Å². The third kappa shape index (κ3) is 6.03. The number of halogens is 1. The van der Waals surface area contributed by atoms with Gasteiger partial charge in [-0.1, -0.05) is 51.3 Å². The molecule has 34 heavy (non-hydrogen) atoms. The number of hydrogen-bond acceptors (Lipinski definition) is 5. The second kappa shape index (κ2) is 10.8. The number of aryl methyl sites for hydroxylation is 3. The highest BCUT2D eigenvalue weighted by Crippen LogP contribution is 2.28. The number of hydrogen-bond donors (Lipinski definition) is 1. The van der Waals surface area contributed by atoms with Crippen LogP contribution in [0.5, 0.6) is 5.75 Å². The van der Waals surface area contributed by atoms with Gasteiger partial charge >= 0.3 is 0 Å². The first kappa shape index (κ1) is 25.5. The molecule has 0 atom stereocenters. The van der Waals surface area contributed by atoms with Crippen LogP contribution >= 0.6 is 15.9 Å². The van der Waals surface area contributed by atoms with E-state index in [9.17, 15) is 13.2 Å². The summed E-state index contributed by atoms with van der Waals surface area (Å²) in [7, 11) is -2.46. The van der Waals surface area contributed by atoms with Crippen LogP contribution in [0.1, 0.15) is 22.3 Å². The van der Waals surface area contributed by atoms with E-state index < -0.39 is 22.5 Å². The van der Waals surface area contributed by atoms with Gasteiger partial charge in [0.05, 0.1) is 23.9 Å². The van der Waals surface area contributed by atoms with Crippen LogP contribution in [0.3, 0.4) is 0 Å². The number of nitrogens with zero attached hydrogens (tertiary/aromatic N) is 2. The Kier molecular flexibility index (Phi) is 8.11. The zero-order valence-corrected chi connectivity index (χ0v) is 21.8. The van der Waals surface area contributed by atoms with Gasteiger partial charge in [0.2, 0.25) is 0 Å². The molecule has 0 aliphatic rings. The Balaban J connectivity index is 1.89. The summed E-state index contributed by atoms with van der Waals surface area (Å²) in [5.74, 6) is 0.000861. The van der Waals surface area contributed by atoms with Crippen molar-refractivity contribution in [3.8, 4) is 5.75 Å². The number of hydrazone groups is 1. The molecule has 3 aromatic carbocycles. The lowest BCUT2D eigenvalue weighted by molar-refractivity contribution is -0.119. The molecule has 178 valence electrons. The van der Waals surface area contributed by atoms with E-state index >= 15 is 0 Å². The van der Waals surface area contributed by atoms with E-state index in [1.807, 2.05) is 39.0 Å². The zero-order valence-electron chi connectivity index (χ0n) is 19.4. The van der Waals surface area contributed by atoms with Crippen LogP contribution in [0, 0.1) is 20.8 Å². The Morgan fingerprint density at radius 3 is 2.35 bits per heavy atom. The maximum Gasteiger partial charge on any atom is 0.264 e. The summed E-state index contributed by atoms with van der Waals surface area (Å²) >= 11 is 3.39. The maximum absolute atomic E-state index is 13.5. The summed E-state index contributed by atoms with van der Waals surface area (Å²) in [5.41, 5.74) is 6.17. The van der Waals surface area contributed by atoms with Crippen molar-refractivity contribution in [1.29, 1.82) is 0 Å². The number of carbonyl (C=O) groups excluding carboxylic acids is 1. The number of ether oxygens (including phenoxy) is 1. The predicted octanol–water partition coefficient (Wildman–Crippen LogP) is 4.73. The Bertz CT molecular complexity index is 1320. The maximum atomic E-state index is 13.5. The van der Waals surface area contributed by atoms with E-state index in [1.165, 1.54) is 25.5 Å². The largest absolute Gasteiger partial charge is 0.496 e. The number of carbonyl (C=O) groups is 1. The molecular formula is C25H26BrN3O4S. The summed E-state index contributed by atoms with van der Waals surface area (Å²) in [6.45, 7) is 5.18. The van der Waals surface area contributed by atoms with Crippen molar-refractivity contribution in [3.63, 3.8) is 0 Å². The number of methoxy groups -OCH3 is 1. The first-order chi connectivity index (χ1) is 16.1. The molecule has 9 heteroatoms. The molecule has 0 radical (unpaired) electrons. The number of nitrogens with one attached hydrogen (secondary N) is 1. The predicted molar refractivity (Wildman–Crippen MR) is 138 cm³/mol. The van der Waals surface area contributed by atoms with Gasteiger partial charge in [-0.25, -0.2) is 13.8 Å². The monoisotopic (exact) mass is 543 g/mol. The first-order valence-electron chi connectivity index (χ1n) is 10.4. The Hall–Kier alpha value is -3.17. The van der Waals surface area contributed by atoms with Gasteiger partial charge in [0.15, 0.2) is 0 Å². The fourth-order valence-corrected chi connectivity index (χ4v) is 5.23. The van der Waals surface area contributed by atoms with Gasteiger partial charge in [-0.2, -0.15) is 5.10 Å². The van der Waals surface area contributed by atoms with Crippen LogP contribution in [-0.2, 0) is 14.8 Å². The quantitative estimate of drug-likeness (QED) is 0.328. The van der Waals surface area contributed by atoms with Crippen molar-refractivity contribution in [2.45, 2.75) is 25.7 Å². The minimum absolute atomic E-state index is 0.105. The van der Waals surface area contributed by atoms with E-state index in [1.54, 1.807) is 30.3 Å². The van der Waals surface area contributed by atoms with E-state index in [0.717, 1.165) is 25.5 Å². The fourth-order valence-electron chi connectivity index (χ4n) is 3.37. The molecule has 3 rings (SSSR count). The molecule has 0 aliphatic carbocycles. The highest BCUT2D eigenvalue weighted by atomic mass is 79.9. The van der Waals surface area contributed by atoms with Gasteiger partial charge in [0, 0.05) is 10.0 Å². The van der Waals surface area contributed by atoms with E-state index in [2.05, 4.69) is 26.5 Å². The number of rotatable bonds is 8. The van der Waals surface area contributed by atoms with Crippen molar-refractivity contribution in [1.82, 2.24) is 5.43 Å². The summed E-state index contributed by atoms with van der Waals surface area (Å²) < 4.78 is 34.3. The van der Waals surface area contributed by atoms with Crippen LogP contribution in [-0.4, -0.2) is 34.2 Å². The Morgan fingerprint density at radius 1 is 1.03 bits per heavy atom. The lowest BCUT2D eigenvalue weighted by Gasteiger charge is -2.25. The minimum atomic E-state index is -4.00. The van der Waals surface area contributed by atoms with Gasteiger partial charge in [0.1, 0.15) is 12.3 Å². The molecule has 0 spiro atoms. The summed E-state index contributed by atoms with van der Waals surface area (Å²) in [5, 5.41) is 3.99. The van der Waals surface area contributed by atoms with Crippen molar-refractivity contribution in [2.24, 2.45) is 5.10 Å². The van der Waals surface area contributed by atoms with Crippen LogP contribution in [0.15, 0.2) is 75.1 Å². The lowest BCUT2D eigenvalue weighted by atomic mass is 10.1. The molecule has 7 nitrogen and oxygen atoms in total. The average Bonchev–Trinajstić information content (AvgIpc) is 2.78. The Labute approximate surface area is 208 Å². The normalized spacial score (nSPS) is 11.4. The highest BCUT2D eigenvalue weighted by molar-refractivity contribution is 9.10. The van der Waals surface area contributed by atoms with Crippen LogP contribution in [0.2, 0.25) is 0 Å². The second-order valence-electron chi connectivity index (χ2n) is 7.79. The van der Waals surface area contributed by atoms with Crippen LogP contribution < -0.4 is 14.5 Å².